The van der Waals surface area contributed by atoms with Gasteiger partial charge in [-0.1, -0.05) is 0 Å². The molecule has 0 aromatic carbocycles. The molecule has 144 valence electrons. The van der Waals surface area contributed by atoms with Gasteiger partial charge < -0.3 is 10.6 Å². The minimum absolute atomic E-state index is 0. The topological polar surface area (TPSA) is 57.3 Å². The maximum atomic E-state index is 12.5. The normalized spacial score (nSPS) is 24.9. The molecule has 2 saturated heterocycles. The summed E-state index contributed by atoms with van der Waals surface area (Å²) in [4.78, 5) is 19.4. The lowest BCUT2D eigenvalue weighted by Crippen LogP contribution is -2.49. The molecule has 1 aromatic heterocycles. The van der Waals surface area contributed by atoms with Crippen LogP contribution in [0, 0.1) is 12.8 Å². The van der Waals surface area contributed by atoms with Crippen molar-refractivity contribution in [3.63, 3.8) is 0 Å². The molecule has 2 fully saturated rings. The van der Waals surface area contributed by atoms with E-state index in [1.807, 2.05) is 6.92 Å². The van der Waals surface area contributed by atoms with Gasteiger partial charge >= 0.3 is 0 Å². The van der Waals surface area contributed by atoms with Gasteiger partial charge in [0.1, 0.15) is 0 Å². The highest BCUT2D eigenvalue weighted by Gasteiger charge is 2.28. The molecule has 25 heavy (non-hydrogen) atoms. The van der Waals surface area contributed by atoms with Crippen LogP contribution in [0.2, 0.25) is 0 Å². The summed E-state index contributed by atoms with van der Waals surface area (Å²) < 4.78 is 0. The van der Waals surface area contributed by atoms with Crippen molar-refractivity contribution in [3.05, 3.63) is 16.1 Å². The molecule has 0 radical (unpaired) electrons. The van der Waals surface area contributed by atoms with E-state index < -0.39 is 0 Å². The largest absolute Gasteiger partial charge is 0.353 e. The average molecular weight is 409 g/mol. The maximum Gasteiger partial charge on any atom is 0.223 e. The molecule has 8 heteroatoms. The van der Waals surface area contributed by atoms with E-state index in [1.54, 1.807) is 11.3 Å². The highest BCUT2D eigenvalue weighted by molar-refractivity contribution is 7.09. The van der Waals surface area contributed by atoms with Crippen LogP contribution in [-0.4, -0.2) is 47.5 Å². The number of halogens is 2. The zero-order valence-corrected chi connectivity index (χ0v) is 17.4. The Balaban J connectivity index is 0.00000156. The van der Waals surface area contributed by atoms with E-state index in [1.165, 1.54) is 5.69 Å². The molecule has 1 aromatic rings. The fourth-order valence-corrected chi connectivity index (χ4v) is 4.25. The maximum absolute atomic E-state index is 12.5. The van der Waals surface area contributed by atoms with E-state index in [9.17, 15) is 4.79 Å². The van der Waals surface area contributed by atoms with Crippen molar-refractivity contribution in [2.24, 2.45) is 5.92 Å². The summed E-state index contributed by atoms with van der Waals surface area (Å²) >= 11 is 1.71. The van der Waals surface area contributed by atoms with E-state index in [4.69, 9.17) is 0 Å². The smallest absolute Gasteiger partial charge is 0.223 e. The first-order chi connectivity index (χ1) is 11.1. The summed E-state index contributed by atoms with van der Waals surface area (Å²) in [5.74, 6) is 0.460. The van der Waals surface area contributed by atoms with Crippen molar-refractivity contribution < 1.29 is 4.79 Å². The van der Waals surface area contributed by atoms with Gasteiger partial charge in [-0.2, -0.15) is 0 Å². The molecule has 2 aliphatic heterocycles. The van der Waals surface area contributed by atoms with E-state index in [0.717, 1.165) is 56.9 Å². The molecule has 2 atom stereocenters. The third kappa shape index (κ3) is 6.68. The predicted molar refractivity (Wildman–Crippen MR) is 108 cm³/mol. The van der Waals surface area contributed by atoms with Crippen LogP contribution in [0.25, 0.3) is 0 Å². The summed E-state index contributed by atoms with van der Waals surface area (Å²) in [6.45, 7) is 8.17. The number of thiazole rings is 1. The van der Waals surface area contributed by atoms with E-state index >= 15 is 0 Å². The van der Waals surface area contributed by atoms with Crippen LogP contribution < -0.4 is 10.6 Å². The summed E-state index contributed by atoms with van der Waals surface area (Å²) in [5, 5.41) is 9.99. The van der Waals surface area contributed by atoms with Gasteiger partial charge in [0, 0.05) is 29.9 Å². The average Bonchev–Trinajstić information content (AvgIpc) is 2.93. The fraction of sp³-hybridized carbons (Fsp3) is 0.765. The first kappa shape index (κ1) is 22.6. The third-order valence-electron chi connectivity index (χ3n) is 4.98. The summed E-state index contributed by atoms with van der Waals surface area (Å²) in [7, 11) is 0. The number of hydrogen-bond acceptors (Lipinski definition) is 5. The van der Waals surface area contributed by atoms with Gasteiger partial charge in [0.2, 0.25) is 5.91 Å². The molecular formula is C17H30Cl2N4OS. The van der Waals surface area contributed by atoms with Crippen LogP contribution in [0.1, 0.15) is 43.3 Å². The molecule has 0 aliphatic carbocycles. The number of hydrogen-bond donors (Lipinski definition) is 2. The molecule has 3 heterocycles. The van der Waals surface area contributed by atoms with Crippen molar-refractivity contribution in [2.75, 3.05) is 19.6 Å². The Labute approximate surface area is 167 Å². The second kappa shape index (κ2) is 10.7. The van der Waals surface area contributed by atoms with Crippen LogP contribution in [0.15, 0.2) is 5.38 Å². The Morgan fingerprint density at radius 2 is 2.08 bits per heavy atom. The van der Waals surface area contributed by atoms with Crippen LogP contribution >= 0.6 is 36.2 Å². The van der Waals surface area contributed by atoms with Crippen molar-refractivity contribution in [1.82, 2.24) is 20.5 Å². The molecule has 0 spiro atoms. The van der Waals surface area contributed by atoms with Gasteiger partial charge in [0.25, 0.3) is 0 Å². The summed E-state index contributed by atoms with van der Waals surface area (Å²) in [5.41, 5.74) is 1.17. The van der Waals surface area contributed by atoms with Crippen LogP contribution in [-0.2, 0) is 11.3 Å². The Hall–Kier alpha value is -0.400. The first-order valence-electron chi connectivity index (χ1n) is 8.77. The Morgan fingerprint density at radius 1 is 1.36 bits per heavy atom. The molecule has 0 saturated carbocycles. The number of nitrogens with one attached hydrogen (secondary N) is 2. The molecule has 3 rings (SSSR count). The number of aryl methyl sites for hydroxylation is 1. The van der Waals surface area contributed by atoms with E-state index in [-0.39, 0.29) is 36.6 Å². The zero-order chi connectivity index (χ0) is 16.2. The predicted octanol–water partition coefficient (Wildman–Crippen LogP) is 2.76. The van der Waals surface area contributed by atoms with Gasteiger partial charge in [-0.15, -0.1) is 36.2 Å². The number of amides is 1. The number of carbonyl (C=O) groups is 1. The summed E-state index contributed by atoms with van der Waals surface area (Å²) in [6, 6.07) is 0.868. The monoisotopic (exact) mass is 408 g/mol. The lowest BCUT2D eigenvalue weighted by atomic mass is 9.94. The van der Waals surface area contributed by atoms with Gasteiger partial charge in [-0.05, 0) is 59.2 Å². The second-order valence-electron chi connectivity index (χ2n) is 6.99. The van der Waals surface area contributed by atoms with Crippen molar-refractivity contribution in [2.45, 2.75) is 58.2 Å². The third-order valence-corrected chi connectivity index (χ3v) is 5.80. The molecule has 2 N–H and O–H groups in total. The minimum atomic E-state index is 0. The highest BCUT2D eigenvalue weighted by Crippen LogP contribution is 2.21. The molecule has 1 amide bonds. The van der Waals surface area contributed by atoms with Gasteiger partial charge in [-0.25, -0.2) is 4.98 Å². The first-order valence-corrected chi connectivity index (χ1v) is 9.65. The molecule has 5 nitrogen and oxygen atoms in total. The van der Waals surface area contributed by atoms with Crippen molar-refractivity contribution >= 4 is 42.1 Å². The summed E-state index contributed by atoms with van der Waals surface area (Å²) in [6.07, 6.45) is 4.04. The lowest BCUT2D eigenvalue weighted by molar-refractivity contribution is -0.127. The van der Waals surface area contributed by atoms with Gasteiger partial charge in [0.05, 0.1) is 10.7 Å². The molecular weight excluding hydrogens is 379 g/mol. The van der Waals surface area contributed by atoms with Gasteiger partial charge in [-0.3, -0.25) is 9.69 Å². The fourth-order valence-electron chi connectivity index (χ4n) is 3.65. The number of nitrogens with zero attached hydrogens (tertiary/aromatic N) is 2. The van der Waals surface area contributed by atoms with E-state index in [2.05, 4.69) is 32.8 Å². The minimum Gasteiger partial charge on any atom is -0.353 e. The van der Waals surface area contributed by atoms with Crippen molar-refractivity contribution in [3.8, 4) is 0 Å². The number of rotatable bonds is 4. The zero-order valence-electron chi connectivity index (χ0n) is 15.0. The highest BCUT2D eigenvalue weighted by atomic mass is 35.5. The Kier molecular flexibility index (Phi) is 9.67. The van der Waals surface area contributed by atoms with Crippen LogP contribution in [0.5, 0.6) is 0 Å². The van der Waals surface area contributed by atoms with Gasteiger partial charge in [0.15, 0.2) is 0 Å². The number of aromatic nitrogens is 1. The molecule has 0 bridgehead atoms. The second-order valence-corrected chi connectivity index (χ2v) is 8.06. The SMILES string of the molecule is Cc1nc(CN2CCC(C(=O)NC3CCNC(C)C3)CC2)cs1.Cl.Cl. The Morgan fingerprint density at radius 3 is 2.68 bits per heavy atom. The Bertz CT molecular complexity index is 534. The molecule has 2 aliphatic rings. The van der Waals surface area contributed by atoms with Crippen molar-refractivity contribution in [1.29, 1.82) is 0 Å². The number of likely N-dealkylation sites (tertiary alicyclic amines) is 1. The van der Waals surface area contributed by atoms with Crippen LogP contribution in [0.4, 0.5) is 0 Å². The number of carbonyl (C=O) groups excluding carboxylic acids is 1. The molecule has 2 unspecified atom stereocenters. The quantitative estimate of drug-likeness (QED) is 0.803. The standard InChI is InChI=1S/C17H28N4OS.2ClH/c1-12-9-15(3-6-18-12)20-17(22)14-4-7-21(8-5-14)10-16-11-23-13(2)19-16;;/h11-12,14-15,18H,3-10H2,1-2H3,(H,20,22);2*1H. The van der Waals surface area contributed by atoms with E-state index in [0.29, 0.717) is 12.1 Å². The van der Waals surface area contributed by atoms with Crippen LogP contribution in [0.3, 0.4) is 0 Å². The number of piperidine rings is 2. The lowest BCUT2D eigenvalue weighted by Gasteiger charge is -2.33.